The van der Waals surface area contributed by atoms with Crippen molar-refractivity contribution in [2.45, 2.75) is 6.04 Å². The summed E-state index contributed by atoms with van der Waals surface area (Å²) in [5.74, 6) is 0.197. The molecule has 1 fully saturated rings. The number of hydrogen-bond donors (Lipinski definition) is 3. The fourth-order valence-electron chi connectivity index (χ4n) is 2.22. The van der Waals surface area contributed by atoms with E-state index in [0.717, 1.165) is 31.7 Å². The van der Waals surface area contributed by atoms with Crippen LogP contribution >= 0.6 is 24.8 Å². The molecular formula is C13H20Cl2N2O2. The van der Waals surface area contributed by atoms with Gasteiger partial charge in [-0.3, -0.25) is 4.90 Å². The van der Waals surface area contributed by atoms with E-state index in [4.69, 9.17) is 0 Å². The smallest absolute Gasteiger partial charge is 0.124 e. The molecule has 1 aliphatic heterocycles. The van der Waals surface area contributed by atoms with E-state index in [2.05, 4.69) is 16.8 Å². The lowest BCUT2D eigenvalue weighted by atomic mass is 10.0. The van der Waals surface area contributed by atoms with Crippen molar-refractivity contribution in [2.75, 3.05) is 26.2 Å². The molecule has 2 rings (SSSR count). The molecule has 108 valence electrons. The van der Waals surface area contributed by atoms with Crippen molar-refractivity contribution in [2.24, 2.45) is 0 Å². The van der Waals surface area contributed by atoms with Gasteiger partial charge in [-0.15, -0.1) is 31.4 Å². The molecule has 0 aromatic heterocycles. The third-order valence-corrected chi connectivity index (χ3v) is 3.10. The van der Waals surface area contributed by atoms with Gasteiger partial charge >= 0.3 is 0 Å². The fourth-order valence-corrected chi connectivity index (χ4v) is 2.22. The molecule has 4 nitrogen and oxygen atoms in total. The summed E-state index contributed by atoms with van der Waals surface area (Å²) in [6, 6.07) is 4.71. The first-order valence-corrected chi connectivity index (χ1v) is 5.81. The Kier molecular flexibility index (Phi) is 7.87. The first kappa shape index (κ1) is 18.1. The highest BCUT2D eigenvalue weighted by Crippen LogP contribution is 2.32. The van der Waals surface area contributed by atoms with Crippen LogP contribution in [0.4, 0.5) is 0 Å². The second-order valence-electron chi connectivity index (χ2n) is 4.21. The molecule has 1 aromatic rings. The first-order valence-electron chi connectivity index (χ1n) is 5.81. The zero-order chi connectivity index (χ0) is 12.3. The molecule has 1 aliphatic rings. The van der Waals surface area contributed by atoms with Gasteiger partial charge in [0.2, 0.25) is 0 Å². The lowest BCUT2D eigenvalue weighted by molar-refractivity contribution is 0.201. The minimum absolute atomic E-state index is 0. The second-order valence-corrected chi connectivity index (χ2v) is 4.21. The maximum Gasteiger partial charge on any atom is 0.124 e. The van der Waals surface area contributed by atoms with Gasteiger partial charge < -0.3 is 15.5 Å². The topological polar surface area (TPSA) is 55.7 Å². The van der Waals surface area contributed by atoms with Crippen LogP contribution in [0.15, 0.2) is 30.9 Å². The van der Waals surface area contributed by atoms with Gasteiger partial charge in [0, 0.05) is 37.8 Å². The highest BCUT2D eigenvalue weighted by Gasteiger charge is 2.21. The molecule has 0 spiro atoms. The number of halogens is 2. The summed E-state index contributed by atoms with van der Waals surface area (Å²) < 4.78 is 0. The molecule has 1 saturated heterocycles. The van der Waals surface area contributed by atoms with Crippen molar-refractivity contribution >= 4 is 24.8 Å². The summed E-state index contributed by atoms with van der Waals surface area (Å²) in [7, 11) is 0. The Labute approximate surface area is 125 Å². The molecule has 1 atom stereocenters. The Balaban J connectivity index is 0.00000162. The predicted molar refractivity (Wildman–Crippen MR) is 81.6 cm³/mol. The van der Waals surface area contributed by atoms with Gasteiger partial charge in [-0.25, -0.2) is 0 Å². The Bertz CT molecular complexity index is 410. The zero-order valence-corrected chi connectivity index (χ0v) is 12.2. The summed E-state index contributed by atoms with van der Waals surface area (Å²) in [5.41, 5.74) is 0.791. The van der Waals surface area contributed by atoms with Crippen LogP contribution in [0.3, 0.4) is 0 Å². The SMILES string of the molecule is C=C[C@@H](c1ccc(O)cc1O)N1CCNCC1.Cl.Cl. The van der Waals surface area contributed by atoms with E-state index in [1.165, 1.54) is 6.07 Å². The molecule has 0 unspecified atom stereocenters. The molecule has 0 bridgehead atoms. The summed E-state index contributed by atoms with van der Waals surface area (Å²) in [5, 5.41) is 22.5. The molecule has 19 heavy (non-hydrogen) atoms. The standard InChI is InChI=1S/C13H18N2O2.2ClH/c1-2-12(15-7-5-14-6-8-15)11-4-3-10(16)9-13(11)17;;/h2-4,9,12,14,16-17H,1,5-8H2;2*1H/t12-;;/m0../s1. The highest BCUT2D eigenvalue weighted by molar-refractivity contribution is 5.85. The number of benzene rings is 1. The minimum Gasteiger partial charge on any atom is -0.508 e. The van der Waals surface area contributed by atoms with E-state index in [0.29, 0.717) is 0 Å². The van der Waals surface area contributed by atoms with Crippen molar-refractivity contribution < 1.29 is 10.2 Å². The predicted octanol–water partition coefficient (Wildman–Crippen LogP) is 2.07. The van der Waals surface area contributed by atoms with Crippen LogP contribution in [-0.4, -0.2) is 41.3 Å². The number of rotatable bonds is 3. The largest absolute Gasteiger partial charge is 0.508 e. The van der Waals surface area contributed by atoms with Crippen LogP contribution < -0.4 is 5.32 Å². The molecule has 0 amide bonds. The van der Waals surface area contributed by atoms with Crippen LogP contribution in [0.5, 0.6) is 11.5 Å². The van der Waals surface area contributed by atoms with E-state index >= 15 is 0 Å². The van der Waals surface area contributed by atoms with Gasteiger partial charge in [-0.1, -0.05) is 6.08 Å². The van der Waals surface area contributed by atoms with Gasteiger partial charge in [0.05, 0.1) is 6.04 Å². The van der Waals surface area contributed by atoms with E-state index in [-0.39, 0.29) is 42.4 Å². The van der Waals surface area contributed by atoms with E-state index in [1.807, 2.05) is 6.08 Å². The lowest BCUT2D eigenvalue weighted by Crippen LogP contribution is -2.44. The molecule has 0 radical (unpaired) electrons. The lowest BCUT2D eigenvalue weighted by Gasteiger charge is -2.33. The fraction of sp³-hybridized carbons (Fsp3) is 0.385. The average Bonchev–Trinajstić information content (AvgIpc) is 2.34. The van der Waals surface area contributed by atoms with Gasteiger partial charge in [0.15, 0.2) is 0 Å². The summed E-state index contributed by atoms with van der Waals surface area (Å²) in [6.45, 7) is 7.59. The van der Waals surface area contributed by atoms with Gasteiger partial charge in [0.25, 0.3) is 0 Å². The van der Waals surface area contributed by atoms with Crippen LogP contribution in [0, 0.1) is 0 Å². The molecule has 6 heteroatoms. The Hall–Kier alpha value is -0.940. The number of nitrogens with zero attached hydrogens (tertiary/aromatic N) is 1. The molecular weight excluding hydrogens is 287 g/mol. The first-order chi connectivity index (χ1) is 8.22. The normalized spacial score (nSPS) is 16.8. The molecule has 1 aromatic carbocycles. The number of piperazine rings is 1. The van der Waals surface area contributed by atoms with E-state index < -0.39 is 0 Å². The number of hydrogen-bond acceptors (Lipinski definition) is 4. The quantitative estimate of drug-likeness (QED) is 0.748. The monoisotopic (exact) mass is 306 g/mol. The number of phenols is 2. The average molecular weight is 307 g/mol. The van der Waals surface area contributed by atoms with Crippen molar-refractivity contribution in [3.63, 3.8) is 0 Å². The zero-order valence-electron chi connectivity index (χ0n) is 10.6. The summed E-state index contributed by atoms with van der Waals surface area (Å²) in [6.07, 6.45) is 1.83. The summed E-state index contributed by atoms with van der Waals surface area (Å²) >= 11 is 0. The van der Waals surface area contributed by atoms with Gasteiger partial charge in [0.1, 0.15) is 11.5 Å². The van der Waals surface area contributed by atoms with Gasteiger partial charge in [-0.05, 0) is 12.1 Å². The van der Waals surface area contributed by atoms with Crippen molar-refractivity contribution in [1.29, 1.82) is 0 Å². The van der Waals surface area contributed by atoms with E-state index in [1.54, 1.807) is 12.1 Å². The number of phenolic OH excluding ortho intramolecular Hbond substituents is 2. The van der Waals surface area contributed by atoms with Crippen molar-refractivity contribution in [3.05, 3.63) is 36.4 Å². The van der Waals surface area contributed by atoms with Crippen molar-refractivity contribution in [1.82, 2.24) is 10.2 Å². The third-order valence-electron chi connectivity index (χ3n) is 3.10. The Morgan fingerprint density at radius 2 is 1.84 bits per heavy atom. The second kappa shape index (κ2) is 8.27. The van der Waals surface area contributed by atoms with E-state index in [9.17, 15) is 10.2 Å². The van der Waals surface area contributed by atoms with Crippen LogP contribution in [-0.2, 0) is 0 Å². The minimum atomic E-state index is -0.00213. The molecule has 0 aliphatic carbocycles. The number of aromatic hydroxyl groups is 2. The van der Waals surface area contributed by atoms with Crippen molar-refractivity contribution in [3.8, 4) is 11.5 Å². The van der Waals surface area contributed by atoms with Gasteiger partial charge in [-0.2, -0.15) is 0 Å². The van der Waals surface area contributed by atoms with Crippen LogP contribution in [0.25, 0.3) is 0 Å². The van der Waals surface area contributed by atoms with Crippen LogP contribution in [0.1, 0.15) is 11.6 Å². The molecule has 1 heterocycles. The Morgan fingerprint density at radius 3 is 2.37 bits per heavy atom. The van der Waals surface area contributed by atoms with Crippen LogP contribution in [0.2, 0.25) is 0 Å². The molecule has 0 saturated carbocycles. The number of nitrogens with one attached hydrogen (secondary N) is 1. The maximum absolute atomic E-state index is 9.87. The third kappa shape index (κ3) is 4.28. The maximum atomic E-state index is 9.87. The highest BCUT2D eigenvalue weighted by atomic mass is 35.5. The Morgan fingerprint density at radius 1 is 1.21 bits per heavy atom. The molecule has 3 N–H and O–H groups in total. The summed E-state index contributed by atoms with van der Waals surface area (Å²) in [4.78, 5) is 2.26.